The van der Waals surface area contributed by atoms with E-state index in [9.17, 15) is 4.39 Å². The third-order valence-corrected chi connectivity index (χ3v) is 3.12. The number of nitrogens with zero attached hydrogens (tertiary/aromatic N) is 3. The smallest absolute Gasteiger partial charge is 0.220 e. The Labute approximate surface area is 119 Å². The van der Waals surface area contributed by atoms with Crippen molar-refractivity contribution in [2.24, 2.45) is 0 Å². The van der Waals surface area contributed by atoms with Crippen LogP contribution in [0.4, 0.5) is 10.3 Å². The molecule has 1 aromatic carbocycles. The highest BCUT2D eigenvalue weighted by atomic mass is 35.5. The summed E-state index contributed by atoms with van der Waals surface area (Å²) in [6, 6.07) is 9.86. The van der Waals surface area contributed by atoms with Gasteiger partial charge in [-0.15, -0.1) is 0 Å². The molecule has 0 amide bonds. The normalized spacial score (nSPS) is 10.9. The summed E-state index contributed by atoms with van der Waals surface area (Å²) in [4.78, 5) is 12.5. The average molecular weight is 289 g/mol. The Morgan fingerprint density at radius 1 is 1.05 bits per heavy atom. The molecule has 0 aliphatic heterocycles. The number of pyridine rings is 1. The zero-order chi connectivity index (χ0) is 14.1. The number of anilines is 1. The van der Waals surface area contributed by atoms with Crippen molar-refractivity contribution in [3.8, 4) is 0 Å². The Morgan fingerprint density at radius 2 is 1.85 bits per heavy atom. The SMILES string of the molecule is Nc1nc(Cc2ccccc2F)c2nc(Cl)ccc2n1. The van der Waals surface area contributed by atoms with E-state index in [2.05, 4.69) is 15.0 Å². The molecule has 3 aromatic rings. The van der Waals surface area contributed by atoms with E-state index in [4.69, 9.17) is 17.3 Å². The van der Waals surface area contributed by atoms with Crippen LogP contribution in [0.2, 0.25) is 5.15 Å². The van der Waals surface area contributed by atoms with Gasteiger partial charge in [0.05, 0.1) is 11.2 Å². The Morgan fingerprint density at radius 3 is 2.65 bits per heavy atom. The number of benzene rings is 1. The molecule has 2 aromatic heterocycles. The maximum atomic E-state index is 13.7. The predicted molar refractivity (Wildman–Crippen MR) is 76.0 cm³/mol. The highest BCUT2D eigenvalue weighted by Crippen LogP contribution is 2.21. The summed E-state index contributed by atoms with van der Waals surface area (Å²) in [7, 11) is 0. The lowest BCUT2D eigenvalue weighted by Gasteiger charge is -2.07. The lowest BCUT2D eigenvalue weighted by Crippen LogP contribution is -2.04. The molecule has 3 rings (SSSR count). The Hall–Kier alpha value is -2.27. The van der Waals surface area contributed by atoms with Crippen molar-refractivity contribution < 1.29 is 4.39 Å². The zero-order valence-corrected chi connectivity index (χ0v) is 11.1. The van der Waals surface area contributed by atoms with Gasteiger partial charge >= 0.3 is 0 Å². The van der Waals surface area contributed by atoms with Crippen molar-refractivity contribution in [3.63, 3.8) is 0 Å². The van der Waals surface area contributed by atoms with E-state index in [1.807, 2.05) is 0 Å². The van der Waals surface area contributed by atoms with Gasteiger partial charge in [0.1, 0.15) is 16.5 Å². The topological polar surface area (TPSA) is 64.7 Å². The van der Waals surface area contributed by atoms with Gasteiger partial charge in [0.15, 0.2) is 0 Å². The molecule has 0 saturated carbocycles. The van der Waals surface area contributed by atoms with Gasteiger partial charge in [-0.3, -0.25) is 0 Å². The molecule has 4 nitrogen and oxygen atoms in total. The fourth-order valence-electron chi connectivity index (χ4n) is 2.02. The summed E-state index contributed by atoms with van der Waals surface area (Å²) in [5.41, 5.74) is 7.88. The van der Waals surface area contributed by atoms with Gasteiger partial charge < -0.3 is 5.73 Å². The second-order valence-corrected chi connectivity index (χ2v) is 4.69. The summed E-state index contributed by atoms with van der Waals surface area (Å²) >= 11 is 5.89. The second-order valence-electron chi connectivity index (χ2n) is 4.30. The summed E-state index contributed by atoms with van der Waals surface area (Å²) in [6.07, 6.45) is 0.281. The minimum Gasteiger partial charge on any atom is -0.368 e. The number of fused-ring (bicyclic) bond motifs is 1. The summed E-state index contributed by atoms with van der Waals surface area (Å²) in [6.45, 7) is 0. The Balaban J connectivity index is 2.15. The van der Waals surface area contributed by atoms with E-state index < -0.39 is 0 Å². The lowest BCUT2D eigenvalue weighted by molar-refractivity contribution is 0.613. The minimum absolute atomic E-state index is 0.132. The summed E-state index contributed by atoms with van der Waals surface area (Å²) in [5, 5.41) is 0.334. The van der Waals surface area contributed by atoms with Crippen molar-refractivity contribution in [3.05, 3.63) is 58.6 Å². The molecule has 2 N–H and O–H groups in total. The van der Waals surface area contributed by atoms with Crippen molar-refractivity contribution in [1.29, 1.82) is 0 Å². The van der Waals surface area contributed by atoms with E-state index in [-0.39, 0.29) is 18.2 Å². The molecule has 0 atom stereocenters. The Kier molecular flexibility index (Phi) is 3.20. The van der Waals surface area contributed by atoms with Gasteiger partial charge in [-0.2, -0.15) is 0 Å². The molecule has 0 fully saturated rings. The van der Waals surface area contributed by atoms with Crippen LogP contribution in [0.25, 0.3) is 11.0 Å². The first kappa shape index (κ1) is 12.7. The fraction of sp³-hybridized carbons (Fsp3) is 0.0714. The van der Waals surface area contributed by atoms with Crippen LogP contribution >= 0.6 is 11.6 Å². The molecule has 0 saturated heterocycles. The monoisotopic (exact) mass is 288 g/mol. The molecular formula is C14H10ClFN4. The highest BCUT2D eigenvalue weighted by Gasteiger charge is 2.11. The number of hydrogen-bond acceptors (Lipinski definition) is 4. The first-order valence-electron chi connectivity index (χ1n) is 5.95. The number of aromatic nitrogens is 3. The zero-order valence-electron chi connectivity index (χ0n) is 10.3. The van der Waals surface area contributed by atoms with E-state index in [0.29, 0.717) is 27.4 Å². The lowest BCUT2D eigenvalue weighted by atomic mass is 10.1. The largest absolute Gasteiger partial charge is 0.368 e. The van der Waals surface area contributed by atoms with Crippen LogP contribution in [0.3, 0.4) is 0 Å². The molecule has 0 spiro atoms. The van der Waals surface area contributed by atoms with Gasteiger partial charge in [0.25, 0.3) is 0 Å². The maximum absolute atomic E-state index is 13.7. The van der Waals surface area contributed by atoms with Crippen molar-refractivity contribution in [2.75, 3.05) is 5.73 Å². The van der Waals surface area contributed by atoms with Crippen LogP contribution in [0, 0.1) is 5.82 Å². The Bertz CT molecular complexity index is 791. The molecule has 0 radical (unpaired) electrons. The molecule has 0 aliphatic rings. The van der Waals surface area contributed by atoms with E-state index in [0.717, 1.165) is 0 Å². The van der Waals surface area contributed by atoms with Crippen LogP contribution < -0.4 is 5.73 Å². The van der Waals surface area contributed by atoms with Gasteiger partial charge in [0.2, 0.25) is 5.95 Å². The third-order valence-electron chi connectivity index (χ3n) is 2.91. The van der Waals surface area contributed by atoms with Gasteiger partial charge in [0, 0.05) is 6.42 Å². The number of nitrogen functional groups attached to an aromatic ring is 1. The van der Waals surface area contributed by atoms with Gasteiger partial charge in [-0.25, -0.2) is 19.3 Å². The van der Waals surface area contributed by atoms with Crippen molar-refractivity contribution >= 4 is 28.6 Å². The maximum Gasteiger partial charge on any atom is 0.220 e. The third kappa shape index (κ3) is 2.40. The standard InChI is InChI=1S/C14H10ClFN4/c15-12-6-5-10-13(20-12)11(19-14(17)18-10)7-8-3-1-2-4-9(8)16/h1-6H,7H2,(H2,17,18,19). The predicted octanol–water partition coefficient (Wildman–Crippen LogP) is 2.99. The van der Waals surface area contributed by atoms with E-state index >= 15 is 0 Å². The van der Waals surface area contributed by atoms with Gasteiger partial charge in [-0.1, -0.05) is 29.8 Å². The molecule has 0 bridgehead atoms. The van der Waals surface area contributed by atoms with Gasteiger partial charge in [-0.05, 0) is 23.8 Å². The van der Waals surface area contributed by atoms with Crippen LogP contribution in [0.1, 0.15) is 11.3 Å². The molecular weight excluding hydrogens is 279 g/mol. The summed E-state index contributed by atoms with van der Waals surface area (Å²) in [5.74, 6) is -0.159. The first-order valence-corrected chi connectivity index (χ1v) is 6.33. The van der Waals surface area contributed by atoms with Crippen LogP contribution in [-0.2, 0) is 6.42 Å². The van der Waals surface area contributed by atoms with E-state index in [1.165, 1.54) is 6.07 Å². The molecule has 2 heterocycles. The molecule has 100 valence electrons. The van der Waals surface area contributed by atoms with E-state index in [1.54, 1.807) is 30.3 Å². The first-order chi connectivity index (χ1) is 9.63. The number of rotatable bonds is 2. The second kappa shape index (κ2) is 5.02. The van der Waals surface area contributed by atoms with Crippen molar-refractivity contribution in [2.45, 2.75) is 6.42 Å². The van der Waals surface area contributed by atoms with Crippen LogP contribution in [0.15, 0.2) is 36.4 Å². The molecule has 0 aliphatic carbocycles. The van der Waals surface area contributed by atoms with Crippen molar-refractivity contribution in [1.82, 2.24) is 15.0 Å². The number of halogens is 2. The summed E-state index contributed by atoms with van der Waals surface area (Å²) < 4.78 is 13.7. The molecule has 6 heteroatoms. The highest BCUT2D eigenvalue weighted by molar-refractivity contribution is 6.29. The molecule has 0 unspecified atom stereocenters. The molecule has 20 heavy (non-hydrogen) atoms. The number of hydrogen-bond donors (Lipinski definition) is 1. The fourth-order valence-corrected chi connectivity index (χ4v) is 2.16. The quantitative estimate of drug-likeness (QED) is 0.736. The minimum atomic E-state index is -0.292. The average Bonchev–Trinajstić information content (AvgIpc) is 2.42. The number of nitrogens with two attached hydrogens (primary N) is 1. The van der Waals surface area contributed by atoms with Crippen LogP contribution in [0.5, 0.6) is 0 Å². The van der Waals surface area contributed by atoms with Crippen LogP contribution in [-0.4, -0.2) is 15.0 Å².